The van der Waals surface area contributed by atoms with Gasteiger partial charge in [-0.1, -0.05) is 51.9 Å². The average Bonchev–Trinajstić information content (AvgIpc) is 2.26. The van der Waals surface area contributed by atoms with Gasteiger partial charge >= 0.3 is 0 Å². The molecule has 18 heavy (non-hydrogen) atoms. The summed E-state index contributed by atoms with van der Waals surface area (Å²) in [5, 5.41) is 0. The van der Waals surface area contributed by atoms with E-state index in [9.17, 15) is 0 Å². The van der Waals surface area contributed by atoms with E-state index < -0.39 is 0 Å². The molecule has 0 amide bonds. The fourth-order valence-electron chi connectivity index (χ4n) is 3.16. The topological polar surface area (TPSA) is 3.24 Å². The van der Waals surface area contributed by atoms with Gasteiger partial charge < -0.3 is 0 Å². The first kappa shape index (κ1) is 18.0. The highest BCUT2D eigenvalue weighted by atomic mass is 15.2. The zero-order valence-corrected chi connectivity index (χ0v) is 13.8. The molecule has 1 atom stereocenters. The van der Waals surface area contributed by atoms with Gasteiger partial charge in [0.2, 0.25) is 0 Å². The minimum Gasteiger partial charge on any atom is -0.296 e. The van der Waals surface area contributed by atoms with E-state index in [2.05, 4.69) is 46.4 Å². The molecule has 0 aliphatic rings. The summed E-state index contributed by atoms with van der Waals surface area (Å²) in [6.07, 6.45) is 11.3. The average molecular weight is 255 g/mol. The summed E-state index contributed by atoms with van der Waals surface area (Å²) in [6, 6.07) is 2.08. The second-order valence-electron chi connectivity index (χ2n) is 6.39. The van der Waals surface area contributed by atoms with Crippen LogP contribution in [-0.4, -0.2) is 23.0 Å². The van der Waals surface area contributed by atoms with E-state index in [0.717, 1.165) is 6.04 Å². The molecule has 0 fully saturated rings. The minimum absolute atomic E-state index is 0.671. The molecule has 0 bridgehead atoms. The molecule has 0 aromatic rings. The summed E-state index contributed by atoms with van der Waals surface area (Å²) >= 11 is 0. The molecule has 0 radical (unpaired) electrons. The van der Waals surface area contributed by atoms with Crippen molar-refractivity contribution in [2.45, 2.75) is 111 Å². The summed E-state index contributed by atoms with van der Waals surface area (Å²) in [4.78, 5) is 2.65. The van der Waals surface area contributed by atoms with Crippen LogP contribution in [0.1, 0.15) is 92.9 Å². The Kier molecular flexibility index (Phi) is 10.8. The lowest BCUT2D eigenvalue weighted by Gasteiger charge is -2.36. The normalized spacial score (nSPS) is 13.8. The van der Waals surface area contributed by atoms with Crippen LogP contribution in [0.2, 0.25) is 0 Å². The Bertz CT molecular complexity index is 166. The Morgan fingerprint density at radius 2 is 1.11 bits per heavy atom. The van der Waals surface area contributed by atoms with Gasteiger partial charge in [-0.2, -0.15) is 0 Å². The number of unbranched alkanes of at least 4 members (excludes halogenated alkanes) is 6. The maximum Gasteiger partial charge on any atom is 0.00723 e. The monoisotopic (exact) mass is 255 g/mol. The van der Waals surface area contributed by atoms with Crippen LogP contribution in [0, 0.1) is 0 Å². The zero-order chi connectivity index (χ0) is 14.0. The third kappa shape index (κ3) is 8.13. The fraction of sp³-hybridized carbons (Fsp3) is 1.00. The van der Waals surface area contributed by atoms with E-state index in [1.807, 2.05) is 0 Å². The SMILES string of the molecule is CCCCCCCCCC(C)N(C(C)C)C(C)C. The Balaban J connectivity index is 3.65. The van der Waals surface area contributed by atoms with Gasteiger partial charge in [-0.05, 0) is 41.0 Å². The maximum atomic E-state index is 2.65. The van der Waals surface area contributed by atoms with Crippen LogP contribution in [0.5, 0.6) is 0 Å². The summed E-state index contributed by atoms with van der Waals surface area (Å²) in [5.74, 6) is 0. The summed E-state index contributed by atoms with van der Waals surface area (Å²) in [7, 11) is 0. The second kappa shape index (κ2) is 10.8. The van der Waals surface area contributed by atoms with Crippen molar-refractivity contribution >= 4 is 0 Å². The molecule has 0 spiro atoms. The van der Waals surface area contributed by atoms with Gasteiger partial charge in [0.1, 0.15) is 0 Å². The number of hydrogen-bond donors (Lipinski definition) is 0. The minimum atomic E-state index is 0.671. The standard InChI is InChI=1S/C17H37N/c1-7-8-9-10-11-12-13-14-17(6)18(15(2)3)16(4)5/h15-17H,7-14H2,1-6H3. The molecule has 1 unspecified atom stereocenters. The number of nitrogens with zero attached hydrogens (tertiary/aromatic N) is 1. The van der Waals surface area contributed by atoms with Crippen molar-refractivity contribution in [3.63, 3.8) is 0 Å². The van der Waals surface area contributed by atoms with E-state index >= 15 is 0 Å². The van der Waals surface area contributed by atoms with Gasteiger partial charge in [0.05, 0.1) is 0 Å². The first-order valence-electron chi connectivity index (χ1n) is 8.28. The van der Waals surface area contributed by atoms with Gasteiger partial charge in [-0.3, -0.25) is 4.90 Å². The molecule has 0 saturated carbocycles. The third-order valence-electron chi connectivity index (χ3n) is 3.93. The van der Waals surface area contributed by atoms with Crippen molar-refractivity contribution in [1.82, 2.24) is 4.90 Å². The van der Waals surface area contributed by atoms with E-state index in [1.165, 1.54) is 51.4 Å². The summed E-state index contributed by atoms with van der Waals surface area (Å²) in [6.45, 7) is 14.0. The molecular formula is C17H37N. The second-order valence-corrected chi connectivity index (χ2v) is 6.39. The van der Waals surface area contributed by atoms with Gasteiger partial charge in [0.15, 0.2) is 0 Å². The quantitative estimate of drug-likeness (QED) is 0.432. The van der Waals surface area contributed by atoms with Gasteiger partial charge in [-0.15, -0.1) is 0 Å². The van der Waals surface area contributed by atoms with Crippen LogP contribution in [0.3, 0.4) is 0 Å². The Morgan fingerprint density at radius 1 is 0.667 bits per heavy atom. The number of hydrogen-bond acceptors (Lipinski definition) is 1. The number of rotatable bonds is 11. The molecule has 0 saturated heterocycles. The Labute approximate surface area is 116 Å². The highest BCUT2D eigenvalue weighted by Gasteiger charge is 2.19. The Hall–Kier alpha value is -0.0400. The molecule has 0 aromatic heterocycles. The lowest BCUT2D eigenvalue weighted by atomic mass is 10.0. The molecule has 1 heteroatoms. The third-order valence-corrected chi connectivity index (χ3v) is 3.93. The molecule has 1 nitrogen and oxygen atoms in total. The van der Waals surface area contributed by atoms with Gasteiger partial charge in [0.25, 0.3) is 0 Å². The predicted octanol–water partition coefficient (Wildman–Crippen LogP) is 5.63. The van der Waals surface area contributed by atoms with Gasteiger partial charge in [-0.25, -0.2) is 0 Å². The van der Waals surface area contributed by atoms with E-state index in [4.69, 9.17) is 0 Å². The molecule has 0 aromatic carbocycles. The van der Waals surface area contributed by atoms with Crippen LogP contribution in [0.4, 0.5) is 0 Å². The molecule has 0 heterocycles. The molecule has 0 aliphatic heterocycles. The van der Waals surface area contributed by atoms with Crippen molar-refractivity contribution in [3.05, 3.63) is 0 Å². The fourth-order valence-corrected chi connectivity index (χ4v) is 3.16. The first-order valence-corrected chi connectivity index (χ1v) is 8.28. The van der Waals surface area contributed by atoms with Gasteiger partial charge in [0, 0.05) is 18.1 Å². The summed E-state index contributed by atoms with van der Waals surface area (Å²) < 4.78 is 0. The van der Waals surface area contributed by atoms with Crippen molar-refractivity contribution in [2.75, 3.05) is 0 Å². The maximum absolute atomic E-state index is 2.65. The van der Waals surface area contributed by atoms with Crippen molar-refractivity contribution in [1.29, 1.82) is 0 Å². The Morgan fingerprint density at radius 3 is 1.56 bits per heavy atom. The molecule has 110 valence electrons. The molecule has 0 N–H and O–H groups in total. The zero-order valence-electron chi connectivity index (χ0n) is 13.8. The molecular weight excluding hydrogens is 218 g/mol. The lowest BCUT2D eigenvalue weighted by Crippen LogP contribution is -2.43. The van der Waals surface area contributed by atoms with E-state index in [0.29, 0.717) is 12.1 Å². The van der Waals surface area contributed by atoms with Crippen LogP contribution in [0.25, 0.3) is 0 Å². The first-order chi connectivity index (χ1) is 8.50. The van der Waals surface area contributed by atoms with Crippen LogP contribution >= 0.6 is 0 Å². The van der Waals surface area contributed by atoms with E-state index in [-0.39, 0.29) is 0 Å². The predicted molar refractivity (Wildman–Crippen MR) is 84.2 cm³/mol. The lowest BCUT2D eigenvalue weighted by molar-refractivity contribution is 0.115. The van der Waals surface area contributed by atoms with E-state index in [1.54, 1.807) is 0 Å². The molecule has 0 rings (SSSR count). The smallest absolute Gasteiger partial charge is 0.00723 e. The van der Waals surface area contributed by atoms with Crippen LogP contribution < -0.4 is 0 Å². The summed E-state index contributed by atoms with van der Waals surface area (Å²) in [5.41, 5.74) is 0. The van der Waals surface area contributed by atoms with Crippen LogP contribution in [-0.2, 0) is 0 Å². The van der Waals surface area contributed by atoms with Crippen LogP contribution in [0.15, 0.2) is 0 Å². The van der Waals surface area contributed by atoms with Crippen molar-refractivity contribution < 1.29 is 0 Å². The largest absolute Gasteiger partial charge is 0.296 e. The highest BCUT2D eigenvalue weighted by Crippen LogP contribution is 2.17. The van der Waals surface area contributed by atoms with Crippen molar-refractivity contribution in [3.8, 4) is 0 Å². The van der Waals surface area contributed by atoms with Crippen molar-refractivity contribution in [2.24, 2.45) is 0 Å². The molecule has 0 aliphatic carbocycles. The highest BCUT2D eigenvalue weighted by molar-refractivity contribution is 4.74.